The first-order chi connectivity index (χ1) is 7.27. The van der Waals surface area contributed by atoms with Gasteiger partial charge in [0.15, 0.2) is 0 Å². The second kappa shape index (κ2) is 4.10. The molecule has 0 saturated carbocycles. The Balaban J connectivity index is 2.01. The van der Waals surface area contributed by atoms with Crippen molar-refractivity contribution in [3.05, 3.63) is 35.9 Å². The fourth-order valence-electron chi connectivity index (χ4n) is 1.28. The minimum atomic E-state index is -0.599. The van der Waals surface area contributed by atoms with Crippen LogP contribution >= 0.6 is 0 Å². The summed E-state index contributed by atoms with van der Waals surface area (Å²) in [6, 6.07) is 8.12. The number of hydrogen-bond acceptors (Lipinski definition) is 3. The molecular formula is C10H10N2O3. The van der Waals surface area contributed by atoms with E-state index in [1.54, 1.807) is 24.3 Å². The highest BCUT2D eigenvalue weighted by atomic mass is 16.7. The van der Waals surface area contributed by atoms with E-state index < -0.39 is 6.04 Å². The van der Waals surface area contributed by atoms with Gasteiger partial charge in [-0.25, -0.2) is 5.48 Å². The van der Waals surface area contributed by atoms with Crippen molar-refractivity contribution in [1.82, 2.24) is 10.8 Å². The van der Waals surface area contributed by atoms with Gasteiger partial charge in [-0.3, -0.25) is 14.4 Å². The van der Waals surface area contributed by atoms with Crippen LogP contribution in [0, 0.1) is 0 Å². The number of benzene rings is 1. The Hall–Kier alpha value is -1.88. The maximum Gasteiger partial charge on any atom is 0.268 e. The van der Waals surface area contributed by atoms with Crippen molar-refractivity contribution in [2.45, 2.75) is 6.04 Å². The van der Waals surface area contributed by atoms with Crippen LogP contribution in [-0.2, 0) is 9.63 Å². The van der Waals surface area contributed by atoms with Gasteiger partial charge in [0.1, 0.15) is 12.6 Å². The lowest BCUT2D eigenvalue weighted by atomic mass is 10.2. The van der Waals surface area contributed by atoms with Crippen molar-refractivity contribution in [1.29, 1.82) is 0 Å². The fourth-order valence-corrected chi connectivity index (χ4v) is 1.28. The zero-order chi connectivity index (χ0) is 10.7. The summed E-state index contributed by atoms with van der Waals surface area (Å²) in [4.78, 5) is 27.4. The summed E-state index contributed by atoms with van der Waals surface area (Å²) in [5, 5.41) is 2.57. The lowest BCUT2D eigenvalue weighted by molar-refractivity contribution is -0.125. The molecule has 0 spiro atoms. The van der Waals surface area contributed by atoms with Crippen molar-refractivity contribution < 1.29 is 14.4 Å². The monoisotopic (exact) mass is 206 g/mol. The van der Waals surface area contributed by atoms with Crippen LogP contribution in [0.2, 0.25) is 0 Å². The lowest BCUT2D eigenvalue weighted by Gasteiger charge is -2.07. The van der Waals surface area contributed by atoms with Crippen molar-refractivity contribution in [3.63, 3.8) is 0 Å². The average molecular weight is 206 g/mol. The van der Waals surface area contributed by atoms with Gasteiger partial charge in [0, 0.05) is 5.56 Å². The normalized spacial score (nSPS) is 19.7. The highest BCUT2D eigenvalue weighted by molar-refractivity contribution is 5.97. The van der Waals surface area contributed by atoms with E-state index in [2.05, 4.69) is 10.8 Å². The van der Waals surface area contributed by atoms with Crippen LogP contribution in [0.4, 0.5) is 0 Å². The standard InChI is InChI=1S/C10H10N2O3/c13-9(7-4-2-1-3-5-7)11-8-6-15-12-10(8)14/h1-5,8H,6H2,(H,11,13)(H,12,14)/t8-/m1/s1. The maximum absolute atomic E-state index is 11.6. The second-order valence-electron chi connectivity index (χ2n) is 3.17. The van der Waals surface area contributed by atoms with Crippen molar-refractivity contribution in [2.75, 3.05) is 6.61 Å². The minimum absolute atomic E-state index is 0.164. The smallest absolute Gasteiger partial charge is 0.268 e. The van der Waals surface area contributed by atoms with E-state index in [9.17, 15) is 9.59 Å². The van der Waals surface area contributed by atoms with Gasteiger partial charge in [-0.2, -0.15) is 0 Å². The number of amides is 2. The number of carbonyl (C=O) groups is 2. The summed E-state index contributed by atoms with van der Waals surface area (Å²) in [6.45, 7) is 0.164. The fraction of sp³-hybridized carbons (Fsp3) is 0.200. The van der Waals surface area contributed by atoms with Crippen LogP contribution in [0.1, 0.15) is 10.4 Å². The number of carbonyl (C=O) groups excluding carboxylic acids is 2. The molecule has 5 nitrogen and oxygen atoms in total. The van der Waals surface area contributed by atoms with Gasteiger partial charge in [0.05, 0.1) is 0 Å². The molecule has 1 saturated heterocycles. The molecule has 15 heavy (non-hydrogen) atoms. The van der Waals surface area contributed by atoms with E-state index in [-0.39, 0.29) is 18.4 Å². The molecule has 1 aliphatic heterocycles. The first kappa shape index (κ1) is 9.67. The molecule has 0 aliphatic carbocycles. The molecule has 0 bridgehead atoms. The summed E-state index contributed by atoms with van der Waals surface area (Å²) in [7, 11) is 0. The highest BCUT2D eigenvalue weighted by Gasteiger charge is 2.27. The minimum Gasteiger partial charge on any atom is -0.338 e. The Labute approximate surface area is 86.4 Å². The molecule has 1 atom stereocenters. The summed E-state index contributed by atoms with van der Waals surface area (Å²) in [5.41, 5.74) is 2.70. The maximum atomic E-state index is 11.6. The molecule has 1 aliphatic rings. The van der Waals surface area contributed by atoms with Crippen LogP contribution in [0.5, 0.6) is 0 Å². The van der Waals surface area contributed by atoms with Gasteiger partial charge in [0.2, 0.25) is 0 Å². The van der Waals surface area contributed by atoms with E-state index in [1.165, 1.54) is 0 Å². The van der Waals surface area contributed by atoms with E-state index in [4.69, 9.17) is 4.84 Å². The molecule has 2 rings (SSSR count). The molecule has 1 heterocycles. The zero-order valence-corrected chi connectivity index (χ0v) is 7.90. The highest BCUT2D eigenvalue weighted by Crippen LogP contribution is 2.01. The van der Waals surface area contributed by atoms with Crippen molar-refractivity contribution in [3.8, 4) is 0 Å². The molecule has 0 unspecified atom stereocenters. The SMILES string of the molecule is O=C(N[C@@H]1CONC1=O)c1ccccc1. The Morgan fingerprint density at radius 3 is 2.73 bits per heavy atom. The Bertz CT molecular complexity index is 378. The number of hydroxylamine groups is 1. The predicted molar refractivity (Wildman–Crippen MR) is 51.8 cm³/mol. The Morgan fingerprint density at radius 2 is 2.13 bits per heavy atom. The lowest BCUT2D eigenvalue weighted by Crippen LogP contribution is -2.41. The van der Waals surface area contributed by atoms with Gasteiger partial charge >= 0.3 is 0 Å². The van der Waals surface area contributed by atoms with Crippen LogP contribution in [0.15, 0.2) is 30.3 Å². The quantitative estimate of drug-likeness (QED) is 0.707. The third-order valence-electron chi connectivity index (χ3n) is 2.08. The molecule has 0 radical (unpaired) electrons. The van der Waals surface area contributed by atoms with Crippen LogP contribution in [-0.4, -0.2) is 24.5 Å². The van der Waals surface area contributed by atoms with Gasteiger partial charge in [0.25, 0.3) is 11.8 Å². The van der Waals surface area contributed by atoms with Gasteiger partial charge in [-0.15, -0.1) is 0 Å². The van der Waals surface area contributed by atoms with Crippen molar-refractivity contribution in [2.24, 2.45) is 0 Å². The molecule has 1 aromatic carbocycles. The van der Waals surface area contributed by atoms with E-state index in [0.29, 0.717) is 5.56 Å². The van der Waals surface area contributed by atoms with Crippen LogP contribution in [0.3, 0.4) is 0 Å². The molecule has 2 amide bonds. The second-order valence-corrected chi connectivity index (χ2v) is 3.17. The van der Waals surface area contributed by atoms with Gasteiger partial charge in [-0.1, -0.05) is 18.2 Å². The third-order valence-corrected chi connectivity index (χ3v) is 2.08. The molecule has 5 heteroatoms. The summed E-state index contributed by atoms with van der Waals surface area (Å²) in [5.74, 6) is -0.597. The summed E-state index contributed by atoms with van der Waals surface area (Å²) < 4.78 is 0. The Kier molecular flexibility index (Phi) is 2.64. The largest absolute Gasteiger partial charge is 0.338 e. The van der Waals surface area contributed by atoms with E-state index in [0.717, 1.165) is 0 Å². The predicted octanol–water partition coefficient (Wildman–Crippen LogP) is -0.154. The Morgan fingerprint density at radius 1 is 1.40 bits per heavy atom. The zero-order valence-electron chi connectivity index (χ0n) is 7.90. The molecule has 1 fully saturated rings. The average Bonchev–Trinajstić information content (AvgIpc) is 2.66. The van der Waals surface area contributed by atoms with Crippen LogP contribution < -0.4 is 10.8 Å². The molecule has 1 aromatic rings. The van der Waals surface area contributed by atoms with E-state index in [1.807, 2.05) is 6.07 Å². The molecular weight excluding hydrogens is 196 g/mol. The third kappa shape index (κ3) is 2.13. The molecule has 0 aromatic heterocycles. The first-order valence-electron chi connectivity index (χ1n) is 4.55. The number of hydrogen-bond donors (Lipinski definition) is 2. The van der Waals surface area contributed by atoms with E-state index >= 15 is 0 Å². The van der Waals surface area contributed by atoms with Crippen molar-refractivity contribution >= 4 is 11.8 Å². The molecule has 2 N–H and O–H groups in total. The number of rotatable bonds is 2. The van der Waals surface area contributed by atoms with Crippen LogP contribution in [0.25, 0.3) is 0 Å². The summed E-state index contributed by atoms with van der Waals surface area (Å²) in [6.07, 6.45) is 0. The molecule has 78 valence electrons. The number of nitrogens with one attached hydrogen (secondary N) is 2. The van der Waals surface area contributed by atoms with Gasteiger partial charge in [-0.05, 0) is 12.1 Å². The first-order valence-corrected chi connectivity index (χ1v) is 4.55. The van der Waals surface area contributed by atoms with Gasteiger partial charge < -0.3 is 5.32 Å². The topological polar surface area (TPSA) is 67.4 Å². The summed E-state index contributed by atoms with van der Waals surface area (Å²) >= 11 is 0.